The molecule has 2 N–H and O–H groups in total. The first-order valence-electron chi connectivity index (χ1n) is 10.9. The summed E-state index contributed by atoms with van der Waals surface area (Å²) in [6.45, 7) is 14.0. The van der Waals surface area contributed by atoms with E-state index in [0.717, 1.165) is 49.9 Å². The molecule has 2 aromatic rings. The van der Waals surface area contributed by atoms with Crippen LogP contribution in [0.5, 0.6) is 0 Å². The molecular weight excluding hydrogens is 505 g/mol. The van der Waals surface area contributed by atoms with Crippen LogP contribution < -0.4 is 10.6 Å². The van der Waals surface area contributed by atoms with E-state index < -0.39 is 0 Å². The number of aryl methyl sites for hydroxylation is 3. The molecule has 0 bridgehead atoms. The molecule has 1 heterocycles. The van der Waals surface area contributed by atoms with E-state index in [1.54, 1.807) is 0 Å². The van der Waals surface area contributed by atoms with E-state index in [1.165, 1.54) is 11.3 Å². The lowest BCUT2D eigenvalue weighted by molar-refractivity contribution is 0.0453. The highest BCUT2D eigenvalue weighted by Gasteiger charge is 2.02. The SMILES string of the molecule is CCNC(=NCc1cccc(COCCOCC)c1)NCCCn1nc(C)cc1C.I. The van der Waals surface area contributed by atoms with E-state index in [2.05, 4.69) is 64.6 Å². The van der Waals surface area contributed by atoms with E-state index in [0.29, 0.717) is 26.4 Å². The van der Waals surface area contributed by atoms with Crippen molar-refractivity contribution in [2.45, 2.75) is 53.8 Å². The Balaban J connectivity index is 0.00000480. The van der Waals surface area contributed by atoms with Gasteiger partial charge in [-0.1, -0.05) is 24.3 Å². The summed E-state index contributed by atoms with van der Waals surface area (Å²) < 4.78 is 13.0. The highest BCUT2D eigenvalue weighted by atomic mass is 127. The van der Waals surface area contributed by atoms with Gasteiger partial charge in [-0.2, -0.15) is 5.10 Å². The van der Waals surface area contributed by atoms with Gasteiger partial charge >= 0.3 is 0 Å². The molecule has 31 heavy (non-hydrogen) atoms. The molecule has 0 fully saturated rings. The molecule has 8 heteroatoms. The van der Waals surface area contributed by atoms with Gasteiger partial charge in [0.2, 0.25) is 0 Å². The molecule has 0 amide bonds. The van der Waals surface area contributed by atoms with E-state index >= 15 is 0 Å². The van der Waals surface area contributed by atoms with Gasteiger partial charge in [-0.3, -0.25) is 4.68 Å². The summed E-state index contributed by atoms with van der Waals surface area (Å²) in [6.07, 6.45) is 0.987. The van der Waals surface area contributed by atoms with Gasteiger partial charge in [0, 0.05) is 31.9 Å². The molecule has 0 saturated heterocycles. The minimum atomic E-state index is 0. The minimum Gasteiger partial charge on any atom is -0.379 e. The maximum absolute atomic E-state index is 5.66. The molecule has 0 radical (unpaired) electrons. The normalized spacial score (nSPS) is 11.3. The lowest BCUT2D eigenvalue weighted by Gasteiger charge is -2.12. The Morgan fingerprint density at radius 3 is 2.55 bits per heavy atom. The summed E-state index contributed by atoms with van der Waals surface area (Å²) in [6, 6.07) is 10.5. The predicted octanol–water partition coefficient (Wildman–Crippen LogP) is 3.82. The number of aromatic nitrogens is 2. The largest absolute Gasteiger partial charge is 0.379 e. The van der Waals surface area contributed by atoms with E-state index in [4.69, 9.17) is 14.5 Å². The van der Waals surface area contributed by atoms with E-state index in [1.807, 2.05) is 13.8 Å². The van der Waals surface area contributed by atoms with E-state index in [-0.39, 0.29) is 24.0 Å². The first kappa shape index (κ1) is 27.4. The van der Waals surface area contributed by atoms with Crippen LogP contribution in [0.15, 0.2) is 35.3 Å². The molecule has 0 aliphatic heterocycles. The first-order valence-corrected chi connectivity index (χ1v) is 10.9. The second kappa shape index (κ2) is 16.0. The third kappa shape index (κ3) is 11.0. The fourth-order valence-corrected chi connectivity index (χ4v) is 3.12. The highest BCUT2D eigenvalue weighted by molar-refractivity contribution is 14.0. The Morgan fingerprint density at radius 1 is 1.06 bits per heavy atom. The molecule has 0 spiro atoms. The van der Waals surface area contributed by atoms with Crippen LogP contribution in [-0.2, 0) is 29.2 Å². The van der Waals surface area contributed by atoms with Crippen molar-refractivity contribution < 1.29 is 9.47 Å². The maximum Gasteiger partial charge on any atom is 0.191 e. The Hall–Kier alpha value is -1.65. The van der Waals surface area contributed by atoms with Gasteiger partial charge < -0.3 is 20.1 Å². The van der Waals surface area contributed by atoms with Crippen molar-refractivity contribution in [2.24, 2.45) is 4.99 Å². The minimum absolute atomic E-state index is 0. The van der Waals surface area contributed by atoms with Gasteiger partial charge in [-0.15, -0.1) is 24.0 Å². The molecule has 0 aliphatic carbocycles. The number of rotatable bonds is 13. The predicted molar refractivity (Wildman–Crippen MR) is 137 cm³/mol. The maximum atomic E-state index is 5.66. The number of ether oxygens (including phenoxy) is 2. The van der Waals surface area contributed by atoms with Crippen molar-refractivity contribution in [3.05, 3.63) is 52.8 Å². The second-order valence-electron chi connectivity index (χ2n) is 7.20. The summed E-state index contributed by atoms with van der Waals surface area (Å²) >= 11 is 0. The van der Waals surface area contributed by atoms with Crippen LogP contribution in [0.25, 0.3) is 0 Å². The van der Waals surface area contributed by atoms with Crippen LogP contribution in [-0.4, -0.2) is 48.7 Å². The van der Waals surface area contributed by atoms with Crippen molar-refractivity contribution in [2.75, 3.05) is 32.9 Å². The van der Waals surface area contributed by atoms with E-state index in [9.17, 15) is 0 Å². The molecular formula is C23H38IN5O2. The summed E-state index contributed by atoms with van der Waals surface area (Å²) in [5.41, 5.74) is 4.59. The van der Waals surface area contributed by atoms with Crippen LogP contribution in [0.4, 0.5) is 0 Å². The second-order valence-corrected chi connectivity index (χ2v) is 7.20. The molecule has 0 atom stereocenters. The fourth-order valence-electron chi connectivity index (χ4n) is 3.12. The summed E-state index contributed by atoms with van der Waals surface area (Å²) in [5, 5.41) is 11.2. The average molecular weight is 543 g/mol. The molecule has 2 rings (SSSR count). The van der Waals surface area contributed by atoms with Gasteiger partial charge in [0.25, 0.3) is 0 Å². The van der Waals surface area contributed by atoms with Crippen LogP contribution in [0, 0.1) is 13.8 Å². The number of halogens is 1. The lowest BCUT2D eigenvalue weighted by atomic mass is 10.1. The standard InChI is InChI=1S/C23H37N5O2.HI/c1-5-24-23(25-11-8-12-28-20(4)15-19(3)27-28)26-17-21-9-7-10-22(16-21)18-30-14-13-29-6-2;/h7,9-10,15-16H,5-6,8,11-14,17-18H2,1-4H3,(H2,24,25,26);1H. The van der Waals surface area contributed by atoms with Gasteiger partial charge in [0.1, 0.15) is 0 Å². The van der Waals surface area contributed by atoms with Crippen LogP contribution in [0.3, 0.4) is 0 Å². The molecule has 7 nitrogen and oxygen atoms in total. The summed E-state index contributed by atoms with van der Waals surface area (Å²) in [5.74, 6) is 0.837. The Kier molecular flexibility index (Phi) is 14.2. The molecule has 1 aromatic carbocycles. The van der Waals surface area contributed by atoms with Crippen molar-refractivity contribution in [3.8, 4) is 0 Å². The Morgan fingerprint density at radius 2 is 1.84 bits per heavy atom. The zero-order valence-electron chi connectivity index (χ0n) is 19.3. The topological polar surface area (TPSA) is 72.7 Å². The zero-order chi connectivity index (χ0) is 21.6. The van der Waals surface area contributed by atoms with Gasteiger partial charge in [-0.05, 0) is 51.3 Å². The van der Waals surface area contributed by atoms with Crippen LogP contribution in [0.1, 0.15) is 42.8 Å². The number of hydrogen-bond acceptors (Lipinski definition) is 4. The average Bonchev–Trinajstić information content (AvgIpc) is 3.06. The monoisotopic (exact) mass is 543 g/mol. The van der Waals surface area contributed by atoms with Crippen molar-refractivity contribution in [1.82, 2.24) is 20.4 Å². The number of guanidine groups is 1. The van der Waals surface area contributed by atoms with Crippen LogP contribution in [0.2, 0.25) is 0 Å². The third-order valence-electron chi connectivity index (χ3n) is 4.54. The Labute approximate surface area is 204 Å². The number of nitrogens with one attached hydrogen (secondary N) is 2. The highest BCUT2D eigenvalue weighted by Crippen LogP contribution is 2.08. The molecule has 174 valence electrons. The van der Waals surface area contributed by atoms with Gasteiger partial charge in [-0.25, -0.2) is 4.99 Å². The molecule has 1 aromatic heterocycles. The molecule has 0 aliphatic rings. The molecule has 0 unspecified atom stereocenters. The Bertz CT molecular complexity index is 779. The third-order valence-corrected chi connectivity index (χ3v) is 4.54. The summed E-state index contributed by atoms with van der Waals surface area (Å²) in [7, 11) is 0. The first-order chi connectivity index (χ1) is 14.6. The fraction of sp³-hybridized carbons (Fsp3) is 0.565. The molecule has 0 saturated carbocycles. The van der Waals surface area contributed by atoms with Crippen LogP contribution >= 0.6 is 24.0 Å². The summed E-state index contributed by atoms with van der Waals surface area (Å²) in [4.78, 5) is 4.72. The quantitative estimate of drug-likeness (QED) is 0.174. The van der Waals surface area contributed by atoms with Gasteiger partial charge in [0.15, 0.2) is 5.96 Å². The number of benzene rings is 1. The zero-order valence-corrected chi connectivity index (χ0v) is 21.6. The van der Waals surface area contributed by atoms with Gasteiger partial charge in [0.05, 0.1) is 32.1 Å². The lowest BCUT2D eigenvalue weighted by Crippen LogP contribution is -2.38. The smallest absolute Gasteiger partial charge is 0.191 e. The van der Waals surface area contributed by atoms with Crippen molar-refractivity contribution in [1.29, 1.82) is 0 Å². The number of aliphatic imine (C=N–C) groups is 1. The number of nitrogens with zero attached hydrogens (tertiary/aromatic N) is 3. The van der Waals surface area contributed by atoms with Crippen molar-refractivity contribution >= 4 is 29.9 Å². The number of hydrogen-bond donors (Lipinski definition) is 2. The van der Waals surface area contributed by atoms with Crippen molar-refractivity contribution in [3.63, 3.8) is 0 Å².